The number of methoxy groups -OCH3 is 1. The Labute approximate surface area is 155 Å². The first-order valence-corrected chi connectivity index (χ1v) is 8.67. The second kappa shape index (κ2) is 6.75. The lowest BCUT2D eigenvalue weighted by molar-refractivity contribution is 0.0715. The van der Waals surface area contributed by atoms with E-state index in [4.69, 9.17) is 9.15 Å². The van der Waals surface area contributed by atoms with Crippen LogP contribution in [-0.2, 0) is 13.0 Å². The van der Waals surface area contributed by atoms with Gasteiger partial charge in [-0.25, -0.2) is 4.98 Å². The van der Waals surface area contributed by atoms with E-state index in [1.807, 2.05) is 12.1 Å². The van der Waals surface area contributed by atoms with E-state index in [1.54, 1.807) is 43.3 Å². The van der Waals surface area contributed by atoms with E-state index in [-0.39, 0.29) is 11.8 Å². The summed E-state index contributed by atoms with van der Waals surface area (Å²) in [6, 6.07) is 10.7. The molecule has 0 saturated carbocycles. The maximum Gasteiger partial charge on any atom is 0.269 e. The van der Waals surface area contributed by atoms with Crippen molar-refractivity contribution in [3.63, 3.8) is 0 Å². The zero-order valence-electron chi connectivity index (χ0n) is 15.1. The fourth-order valence-corrected chi connectivity index (χ4v) is 3.27. The van der Waals surface area contributed by atoms with Gasteiger partial charge in [0.1, 0.15) is 22.7 Å². The van der Waals surface area contributed by atoms with Gasteiger partial charge < -0.3 is 19.4 Å². The predicted octanol–water partition coefficient (Wildman–Crippen LogP) is 2.39. The van der Waals surface area contributed by atoms with Crippen molar-refractivity contribution in [2.45, 2.75) is 13.0 Å². The smallest absolute Gasteiger partial charge is 0.269 e. The zero-order chi connectivity index (χ0) is 19.0. The largest absolute Gasteiger partial charge is 0.497 e. The first-order chi connectivity index (χ1) is 13.1. The summed E-state index contributed by atoms with van der Waals surface area (Å²) in [5.74, 6) is 0.996. The molecule has 0 saturated heterocycles. The number of hydrogen-bond donors (Lipinski definition) is 1. The van der Waals surface area contributed by atoms with Crippen molar-refractivity contribution in [2.24, 2.45) is 0 Å². The Kier molecular flexibility index (Phi) is 4.27. The average molecular weight is 365 g/mol. The van der Waals surface area contributed by atoms with Crippen LogP contribution >= 0.6 is 0 Å². The first-order valence-electron chi connectivity index (χ1n) is 8.67. The van der Waals surface area contributed by atoms with Gasteiger partial charge in [0.2, 0.25) is 0 Å². The molecule has 1 aliphatic heterocycles. The molecular weight excluding hydrogens is 346 g/mol. The molecule has 0 spiro atoms. The molecule has 0 atom stereocenters. The molecule has 2 aromatic heterocycles. The van der Waals surface area contributed by atoms with Crippen molar-refractivity contribution in [3.8, 4) is 5.75 Å². The highest BCUT2D eigenvalue weighted by Gasteiger charge is 2.26. The van der Waals surface area contributed by atoms with Crippen molar-refractivity contribution in [3.05, 3.63) is 59.0 Å². The van der Waals surface area contributed by atoms with E-state index < -0.39 is 0 Å². The minimum Gasteiger partial charge on any atom is -0.497 e. The second-order valence-corrected chi connectivity index (χ2v) is 6.37. The Morgan fingerprint density at radius 2 is 2.15 bits per heavy atom. The normalized spacial score (nSPS) is 13.6. The van der Waals surface area contributed by atoms with Crippen LogP contribution in [0.4, 0.5) is 0 Å². The number of aromatic nitrogens is 1. The van der Waals surface area contributed by atoms with Crippen LogP contribution in [0.15, 0.2) is 40.8 Å². The van der Waals surface area contributed by atoms with Crippen molar-refractivity contribution < 1.29 is 18.7 Å². The molecule has 1 aromatic carbocycles. The number of nitrogens with zero attached hydrogens (tertiary/aromatic N) is 2. The number of ether oxygens (including phenoxy) is 1. The van der Waals surface area contributed by atoms with Gasteiger partial charge in [-0.2, -0.15) is 0 Å². The van der Waals surface area contributed by atoms with Gasteiger partial charge in [-0.3, -0.25) is 9.59 Å². The first kappa shape index (κ1) is 17.1. The highest BCUT2D eigenvalue weighted by atomic mass is 16.5. The molecule has 0 aliphatic carbocycles. The number of furan rings is 1. The molecule has 2 amide bonds. The number of carbonyl (C=O) groups is 2. The lowest BCUT2D eigenvalue weighted by Crippen LogP contribution is -2.36. The number of rotatable bonds is 4. The van der Waals surface area contributed by atoms with Gasteiger partial charge in [0.05, 0.1) is 13.7 Å². The Balaban J connectivity index is 1.58. The molecule has 1 N–H and O–H groups in total. The molecule has 0 radical (unpaired) electrons. The number of fused-ring (bicyclic) bond motifs is 2. The highest BCUT2D eigenvalue weighted by Crippen LogP contribution is 2.26. The molecule has 4 rings (SSSR count). The summed E-state index contributed by atoms with van der Waals surface area (Å²) in [6.45, 7) is 0.966. The van der Waals surface area contributed by atoms with Crippen LogP contribution in [0.5, 0.6) is 5.75 Å². The van der Waals surface area contributed by atoms with E-state index in [9.17, 15) is 9.59 Å². The van der Waals surface area contributed by atoms with E-state index in [0.717, 1.165) is 12.0 Å². The highest BCUT2D eigenvalue weighted by molar-refractivity contribution is 5.97. The topological polar surface area (TPSA) is 84.7 Å². The number of pyridine rings is 1. The summed E-state index contributed by atoms with van der Waals surface area (Å²) in [6.07, 6.45) is 0.782. The number of amides is 2. The summed E-state index contributed by atoms with van der Waals surface area (Å²) in [4.78, 5) is 30.6. The lowest BCUT2D eigenvalue weighted by Gasteiger charge is -2.28. The van der Waals surface area contributed by atoms with Crippen molar-refractivity contribution in [1.82, 2.24) is 15.2 Å². The Hall–Kier alpha value is -3.35. The minimum absolute atomic E-state index is 0.0467. The summed E-state index contributed by atoms with van der Waals surface area (Å²) in [5, 5.41) is 2.55. The fraction of sp³-hybridized carbons (Fsp3) is 0.250. The van der Waals surface area contributed by atoms with Gasteiger partial charge in [0, 0.05) is 25.2 Å². The fourth-order valence-electron chi connectivity index (χ4n) is 3.27. The van der Waals surface area contributed by atoms with Crippen LogP contribution in [0.3, 0.4) is 0 Å². The molecule has 0 fully saturated rings. The number of benzene rings is 1. The third-order valence-corrected chi connectivity index (χ3v) is 4.72. The molecule has 1 aliphatic rings. The maximum absolute atomic E-state index is 12.8. The predicted molar refractivity (Wildman–Crippen MR) is 98.8 cm³/mol. The third-order valence-electron chi connectivity index (χ3n) is 4.72. The molecule has 0 unspecified atom stereocenters. The molecule has 27 heavy (non-hydrogen) atoms. The summed E-state index contributed by atoms with van der Waals surface area (Å²) in [5.41, 5.74) is 3.20. The Bertz CT molecular complexity index is 1040. The van der Waals surface area contributed by atoms with Crippen LogP contribution < -0.4 is 10.1 Å². The van der Waals surface area contributed by atoms with Gasteiger partial charge in [0.15, 0.2) is 5.58 Å². The van der Waals surface area contributed by atoms with E-state index >= 15 is 0 Å². The summed E-state index contributed by atoms with van der Waals surface area (Å²) < 4.78 is 11.0. The van der Waals surface area contributed by atoms with Crippen molar-refractivity contribution in [2.75, 3.05) is 20.7 Å². The molecule has 138 valence electrons. The van der Waals surface area contributed by atoms with Crippen LogP contribution in [0, 0.1) is 0 Å². The van der Waals surface area contributed by atoms with Crippen LogP contribution in [-0.4, -0.2) is 42.4 Å². The number of nitrogens with one attached hydrogen (secondary N) is 1. The molecule has 7 nitrogen and oxygen atoms in total. The molecular formula is C20H19N3O4. The lowest BCUT2D eigenvalue weighted by atomic mass is 9.98. The number of carbonyl (C=O) groups excluding carboxylic acids is 2. The third kappa shape index (κ3) is 3.12. The second-order valence-electron chi connectivity index (χ2n) is 6.37. The minimum atomic E-state index is -0.253. The standard InChI is InChI=1S/C20H19N3O4/c1-21-19(24)16-5-6-18-17(22-16)10-14(27-18)11-23-8-7-12-3-4-13(26-2)9-15(12)20(23)25/h3-6,9-10H,7-8,11H2,1-2H3,(H,21,24). The van der Waals surface area contributed by atoms with Crippen LogP contribution in [0.2, 0.25) is 0 Å². The van der Waals surface area contributed by atoms with Crippen LogP contribution in [0.1, 0.15) is 32.2 Å². The summed E-state index contributed by atoms with van der Waals surface area (Å²) in [7, 11) is 3.14. The monoisotopic (exact) mass is 365 g/mol. The van der Waals surface area contributed by atoms with E-state index in [0.29, 0.717) is 47.0 Å². The Morgan fingerprint density at radius 1 is 1.30 bits per heavy atom. The van der Waals surface area contributed by atoms with Crippen LogP contribution in [0.25, 0.3) is 11.1 Å². The van der Waals surface area contributed by atoms with Gasteiger partial charge in [-0.15, -0.1) is 0 Å². The zero-order valence-corrected chi connectivity index (χ0v) is 15.1. The SMILES string of the molecule is CNC(=O)c1ccc2oc(CN3CCc4ccc(OC)cc4C3=O)cc2n1. The summed E-state index contributed by atoms with van der Waals surface area (Å²) >= 11 is 0. The molecule has 7 heteroatoms. The Morgan fingerprint density at radius 3 is 2.93 bits per heavy atom. The quantitative estimate of drug-likeness (QED) is 0.767. The van der Waals surface area contributed by atoms with Crippen molar-refractivity contribution in [1.29, 1.82) is 0 Å². The molecule has 3 aromatic rings. The molecule has 0 bridgehead atoms. The van der Waals surface area contributed by atoms with E-state index in [1.165, 1.54) is 0 Å². The van der Waals surface area contributed by atoms with Gasteiger partial charge >= 0.3 is 0 Å². The van der Waals surface area contributed by atoms with Gasteiger partial charge in [-0.05, 0) is 36.2 Å². The van der Waals surface area contributed by atoms with E-state index in [2.05, 4.69) is 10.3 Å². The van der Waals surface area contributed by atoms with Crippen molar-refractivity contribution >= 4 is 22.9 Å². The molecule has 3 heterocycles. The maximum atomic E-state index is 12.8. The van der Waals surface area contributed by atoms with Gasteiger partial charge in [-0.1, -0.05) is 6.07 Å². The average Bonchev–Trinajstić information content (AvgIpc) is 3.10. The number of hydrogen-bond acceptors (Lipinski definition) is 5. The van der Waals surface area contributed by atoms with Gasteiger partial charge in [0.25, 0.3) is 11.8 Å².